The van der Waals surface area contributed by atoms with E-state index in [0.717, 1.165) is 51.7 Å². The first-order chi connectivity index (χ1) is 16.2. The SMILES string of the molecule is O=C(CN1CCc2cc(-c3ccc4ccccc4c3)ccc2C1)N1CCN(C2CCC2)CC1. The van der Waals surface area contributed by atoms with Crippen LogP contribution >= 0.6 is 0 Å². The smallest absolute Gasteiger partial charge is 0.236 e. The lowest BCUT2D eigenvalue weighted by molar-refractivity contribution is -0.135. The molecule has 4 nitrogen and oxygen atoms in total. The van der Waals surface area contributed by atoms with Crippen LogP contribution in [0.25, 0.3) is 21.9 Å². The van der Waals surface area contributed by atoms with Gasteiger partial charge in [0.05, 0.1) is 6.54 Å². The Morgan fingerprint density at radius 2 is 1.55 bits per heavy atom. The first kappa shape index (κ1) is 20.9. The molecule has 3 aliphatic rings. The summed E-state index contributed by atoms with van der Waals surface area (Å²) in [4.78, 5) is 20.0. The van der Waals surface area contributed by atoms with Gasteiger partial charge in [0.15, 0.2) is 0 Å². The number of rotatable bonds is 4. The summed E-state index contributed by atoms with van der Waals surface area (Å²) in [6, 6.07) is 22.9. The number of carbonyl (C=O) groups is 1. The van der Waals surface area contributed by atoms with Gasteiger partial charge in [0, 0.05) is 45.3 Å². The average molecular weight is 440 g/mol. The molecule has 0 N–H and O–H groups in total. The largest absolute Gasteiger partial charge is 0.339 e. The number of nitrogens with zero attached hydrogens (tertiary/aromatic N) is 3. The maximum atomic E-state index is 13.0. The fraction of sp³-hybridized carbons (Fsp3) is 0.414. The lowest BCUT2D eigenvalue weighted by Crippen LogP contribution is -2.55. The van der Waals surface area contributed by atoms with Gasteiger partial charge in [0.1, 0.15) is 0 Å². The van der Waals surface area contributed by atoms with Crippen molar-refractivity contribution in [3.8, 4) is 11.1 Å². The van der Waals surface area contributed by atoms with Crippen LogP contribution in [0.5, 0.6) is 0 Å². The van der Waals surface area contributed by atoms with Crippen molar-refractivity contribution in [2.75, 3.05) is 39.3 Å². The first-order valence-electron chi connectivity index (χ1n) is 12.6. The molecule has 33 heavy (non-hydrogen) atoms. The number of fused-ring (bicyclic) bond motifs is 2. The van der Waals surface area contributed by atoms with Gasteiger partial charge < -0.3 is 4.90 Å². The summed E-state index contributed by atoms with van der Waals surface area (Å²) in [5, 5.41) is 2.56. The van der Waals surface area contributed by atoms with Crippen molar-refractivity contribution in [1.29, 1.82) is 0 Å². The van der Waals surface area contributed by atoms with Gasteiger partial charge in [-0.05, 0) is 58.4 Å². The molecule has 1 aliphatic carbocycles. The normalized spacial score (nSPS) is 19.9. The van der Waals surface area contributed by atoms with Gasteiger partial charge in [-0.2, -0.15) is 0 Å². The second-order valence-corrected chi connectivity index (χ2v) is 10.0. The van der Waals surface area contributed by atoms with Crippen LogP contribution in [0.1, 0.15) is 30.4 Å². The molecule has 6 rings (SSSR count). The predicted octanol–water partition coefficient (Wildman–Crippen LogP) is 4.56. The molecule has 0 atom stereocenters. The van der Waals surface area contributed by atoms with Crippen molar-refractivity contribution >= 4 is 16.7 Å². The van der Waals surface area contributed by atoms with Gasteiger partial charge in [-0.1, -0.05) is 61.0 Å². The summed E-state index contributed by atoms with van der Waals surface area (Å²) in [5.41, 5.74) is 5.36. The molecule has 0 unspecified atom stereocenters. The number of benzene rings is 3. The number of carbonyl (C=O) groups excluding carboxylic acids is 1. The van der Waals surface area contributed by atoms with Crippen LogP contribution < -0.4 is 0 Å². The predicted molar refractivity (Wildman–Crippen MR) is 134 cm³/mol. The van der Waals surface area contributed by atoms with Crippen LogP contribution in [0.4, 0.5) is 0 Å². The van der Waals surface area contributed by atoms with E-state index < -0.39 is 0 Å². The Kier molecular flexibility index (Phi) is 5.65. The average Bonchev–Trinajstić information content (AvgIpc) is 2.83. The third-order valence-corrected chi connectivity index (χ3v) is 8.00. The van der Waals surface area contributed by atoms with E-state index in [-0.39, 0.29) is 0 Å². The molecule has 0 bridgehead atoms. The molecule has 1 amide bonds. The zero-order valence-corrected chi connectivity index (χ0v) is 19.4. The van der Waals surface area contributed by atoms with E-state index in [1.807, 2.05) is 0 Å². The van der Waals surface area contributed by atoms with Crippen molar-refractivity contribution in [2.45, 2.75) is 38.3 Å². The van der Waals surface area contributed by atoms with E-state index in [9.17, 15) is 4.79 Å². The molecule has 0 radical (unpaired) electrons. The number of hydrogen-bond donors (Lipinski definition) is 0. The van der Waals surface area contributed by atoms with E-state index in [1.165, 1.54) is 52.3 Å². The van der Waals surface area contributed by atoms with Crippen LogP contribution in [0.15, 0.2) is 60.7 Å². The lowest BCUT2D eigenvalue weighted by Gasteiger charge is -2.43. The van der Waals surface area contributed by atoms with Gasteiger partial charge in [-0.15, -0.1) is 0 Å². The molecule has 0 aromatic heterocycles. The molecule has 2 fully saturated rings. The Morgan fingerprint density at radius 3 is 2.33 bits per heavy atom. The summed E-state index contributed by atoms with van der Waals surface area (Å²) in [6.07, 6.45) is 5.09. The Bertz CT molecular complexity index is 1160. The Morgan fingerprint density at radius 1 is 0.788 bits per heavy atom. The van der Waals surface area contributed by atoms with Gasteiger partial charge in [0.2, 0.25) is 5.91 Å². The quantitative estimate of drug-likeness (QED) is 0.596. The molecule has 170 valence electrons. The summed E-state index contributed by atoms with van der Waals surface area (Å²) in [5.74, 6) is 0.305. The Labute approximate surface area is 196 Å². The van der Waals surface area contributed by atoms with Gasteiger partial charge in [0.25, 0.3) is 0 Å². The van der Waals surface area contributed by atoms with E-state index in [1.54, 1.807) is 0 Å². The van der Waals surface area contributed by atoms with Crippen molar-refractivity contribution < 1.29 is 4.79 Å². The molecule has 2 heterocycles. The summed E-state index contributed by atoms with van der Waals surface area (Å²) in [7, 11) is 0. The van der Waals surface area contributed by atoms with Gasteiger partial charge >= 0.3 is 0 Å². The standard InChI is InChI=1S/C29H33N3O/c33-29(32-16-14-31(15-17-32)28-6-3-7-28)21-30-13-12-26-19-25(10-11-27(26)20-30)24-9-8-22-4-1-2-5-23(22)18-24/h1-2,4-5,8-11,18-19,28H,3,6-7,12-17,20-21H2. The van der Waals surface area contributed by atoms with E-state index in [2.05, 4.69) is 75.4 Å². The van der Waals surface area contributed by atoms with Crippen molar-refractivity contribution in [3.63, 3.8) is 0 Å². The number of amides is 1. The molecule has 0 spiro atoms. The van der Waals surface area contributed by atoms with Crippen LogP contribution in [0.2, 0.25) is 0 Å². The minimum atomic E-state index is 0.305. The molecule has 4 heteroatoms. The third kappa shape index (κ3) is 4.30. The molecule has 3 aromatic rings. The highest BCUT2D eigenvalue weighted by Crippen LogP contribution is 2.29. The second-order valence-electron chi connectivity index (χ2n) is 10.0. The maximum absolute atomic E-state index is 13.0. The summed E-state index contributed by atoms with van der Waals surface area (Å²) < 4.78 is 0. The van der Waals surface area contributed by atoms with E-state index >= 15 is 0 Å². The minimum absolute atomic E-state index is 0.305. The van der Waals surface area contributed by atoms with E-state index in [0.29, 0.717) is 12.5 Å². The van der Waals surface area contributed by atoms with Crippen molar-refractivity contribution in [1.82, 2.24) is 14.7 Å². The fourth-order valence-electron chi connectivity index (χ4n) is 5.67. The van der Waals surface area contributed by atoms with Crippen molar-refractivity contribution in [2.24, 2.45) is 0 Å². The molecule has 3 aromatic carbocycles. The number of piperazine rings is 1. The highest BCUT2D eigenvalue weighted by atomic mass is 16.2. The lowest BCUT2D eigenvalue weighted by atomic mass is 9.91. The topological polar surface area (TPSA) is 26.8 Å². The summed E-state index contributed by atoms with van der Waals surface area (Å²) >= 11 is 0. The first-order valence-corrected chi connectivity index (χ1v) is 12.6. The molecule has 1 saturated carbocycles. The summed E-state index contributed by atoms with van der Waals surface area (Å²) in [6.45, 7) is 6.29. The van der Waals surface area contributed by atoms with Crippen LogP contribution in [-0.4, -0.2) is 65.9 Å². The number of hydrogen-bond acceptors (Lipinski definition) is 3. The fourth-order valence-corrected chi connectivity index (χ4v) is 5.67. The molecular weight excluding hydrogens is 406 g/mol. The van der Waals surface area contributed by atoms with Crippen LogP contribution in [-0.2, 0) is 17.8 Å². The highest BCUT2D eigenvalue weighted by Gasteiger charge is 2.30. The van der Waals surface area contributed by atoms with Gasteiger partial charge in [-0.3, -0.25) is 14.6 Å². The molecular formula is C29H33N3O. The third-order valence-electron chi connectivity index (χ3n) is 8.00. The molecule has 1 saturated heterocycles. The second kappa shape index (κ2) is 8.92. The Hall–Kier alpha value is -2.69. The molecule has 2 aliphatic heterocycles. The maximum Gasteiger partial charge on any atom is 0.236 e. The Balaban J connectivity index is 1.08. The monoisotopic (exact) mass is 439 g/mol. The highest BCUT2D eigenvalue weighted by molar-refractivity contribution is 5.87. The van der Waals surface area contributed by atoms with Crippen molar-refractivity contribution in [3.05, 3.63) is 71.8 Å². The van der Waals surface area contributed by atoms with Crippen LogP contribution in [0, 0.1) is 0 Å². The zero-order chi connectivity index (χ0) is 22.2. The van der Waals surface area contributed by atoms with Crippen LogP contribution in [0.3, 0.4) is 0 Å². The zero-order valence-electron chi connectivity index (χ0n) is 19.4. The van der Waals surface area contributed by atoms with Gasteiger partial charge in [-0.25, -0.2) is 0 Å². The van der Waals surface area contributed by atoms with E-state index in [4.69, 9.17) is 0 Å². The minimum Gasteiger partial charge on any atom is -0.339 e.